The van der Waals surface area contributed by atoms with Crippen molar-refractivity contribution in [1.82, 2.24) is 4.90 Å². The first-order valence-electron chi connectivity index (χ1n) is 6.60. The molecule has 3 rings (SSSR count). The van der Waals surface area contributed by atoms with Crippen LogP contribution in [0.15, 0.2) is 36.4 Å². The molecule has 0 atom stereocenters. The van der Waals surface area contributed by atoms with E-state index in [2.05, 4.69) is 5.32 Å². The van der Waals surface area contributed by atoms with Crippen molar-refractivity contribution in [3.05, 3.63) is 63.1 Å². The van der Waals surface area contributed by atoms with Crippen LogP contribution in [-0.4, -0.2) is 29.7 Å². The molecule has 5 nitrogen and oxygen atoms in total. The van der Waals surface area contributed by atoms with Gasteiger partial charge in [-0.05, 0) is 36.4 Å². The van der Waals surface area contributed by atoms with Gasteiger partial charge in [-0.25, -0.2) is 0 Å². The highest BCUT2D eigenvalue weighted by atomic mass is 35.5. The van der Waals surface area contributed by atoms with Crippen molar-refractivity contribution in [3.63, 3.8) is 0 Å². The van der Waals surface area contributed by atoms with Gasteiger partial charge in [0.1, 0.15) is 0 Å². The Balaban J connectivity index is 1.89. The summed E-state index contributed by atoms with van der Waals surface area (Å²) >= 11 is 11.7. The molecule has 1 heterocycles. The molecule has 0 unspecified atom stereocenters. The molecule has 2 aromatic rings. The van der Waals surface area contributed by atoms with Gasteiger partial charge in [-0.2, -0.15) is 0 Å². The fourth-order valence-corrected chi connectivity index (χ4v) is 2.85. The molecule has 0 fully saturated rings. The highest BCUT2D eigenvalue weighted by molar-refractivity contribution is 6.35. The first-order chi connectivity index (χ1) is 10.9. The van der Waals surface area contributed by atoms with E-state index in [0.29, 0.717) is 26.9 Å². The van der Waals surface area contributed by atoms with Gasteiger partial charge in [0.2, 0.25) is 0 Å². The summed E-state index contributed by atoms with van der Waals surface area (Å²) in [6.45, 7) is 0. The Labute approximate surface area is 141 Å². The second-order valence-electron chi connectivity index (χ2n) is 5.04. The SMILES string of the molecule is CN1C(=O)c2ccc(NC(=O)c3cc(Cl)cc(Cl)c3)cc2C1=O. The maximum absolute atomic E-state index is 12.2. The fourth-order valence-electron chi connectivity index (χ4n) is 2.33. The van der Waals surface area contributed by atoms with Gasteiger partial charge >= 0.3 is 0 Å². The second-order valence-corrected chi connectivity index (χ2v) is 5.91. The number of hydrogen-bond acceptors (Lipinski definition) is 3. The van der Waals surface area contributed by atoms with Gasteiger partial charge in [-0.15, -0.1) is 0 Å². The van der Waals surface area contributed by atoms with E-state index in [1.54, 1.807) is 6.07 Å². The van der Waals surface area contributed by atoms with Gasteiger partial charge in [-0.1, -0.05) is 23.2 Å². The van der Waals surface area contributed by atoms with Crippen LogP contribution in [-0.2, 0) is 0 Å². The number of amides is 3. The van der Waals surface area contributed by atoms with E-state index >= 15 is 0 Å². The summed E-state index contributed by atoms with van der Waals surface area (Å²) in [4.78, 5) is 37.1. The molecule has 0 saturated heterocycles. The number of halogens is 2. The van der Waals surface area contributed by atoms with E-state index in [4.69, 9.17) is 23.2 Å². The van der Waals surface area contributed by atoms with Crippen LogP contribution in [0.2, 0.25) is 10.0 Å². The van der Waals surface area contributed by atoms with E-state index in [-0.39, 0.29) is 11.5 Å². The first kappa shape index (κ1) is 15.5. The smallest absolute Gasteiger partial charge is 0.261 e. The molecular weight excluding hydrogens is 339 g/mol. The van der Waals surface area contributed by atoms with Crippen LogP contribution in [0.1, 0.15) is 31.1 Å². The minimum Gasteiger partial charge on any atom is -0.322 e. The molecule has 1 aliphatic rings. The van der Waals surface area contributed by atoms with Crippen LogP contribution in [0.5, 0.6) is 0 Å². The summed E-state index contributed by atoms with van der Waals surface area (Å²) < 4.78 is 0. The fraction of sp³-hybridized carbons (Fsp3) is 0.0625. The summed E-state index contributed by atoms with van der Waals surface area (Å²) in [5, 5.41) is 3.35. The topological polar surface area (TPSA) is 66.5 Å². The van der Waals surface area contributed by atoms with Crippen molar-refractivity contribution in [1.29, 1.82) is 0 Å². The lowest BCUT2D eigenvalue weighted by molar-refractivity contribution is 0.0692. The zero-order valence-electron chi connectivity index (χ0n) is 11.9. The molecule has 2 aromatic carbocycles. The van der Waals surface area contributed by atoms with Gasteiger partial charge in [0.25, 0.3) is 17.7 Å². The molecule has 23 heavy (non-hydrogen) atoms. The van der Waals surface area contributed by atoms with Gasteiger partial charge in [0.05, 0.1) is 11.1 Å². The molecule has 0 saturated carbocycles. The lowest BCUT2D eigenvalue weighted by Gasteiger charge is -2.07. The summed E-state index contributed by atoms with van der Waals surface area (Å²) in [6, 6.07) is 9.04. The number of nitrogens with one attached hydrogen (secondary N) is 1. The van der Waals surface area contributed by atoms with E-state index in [1.165, 1.54) is 37.4 Å². The predicted molar refractivity (Wildman–Crippen MR) is 87.3 cm³/mol. The van der Waals surface area contributed by atoms with E-state index in [1.807, 2.05) is 0 Å². The summed E-state index contributed by atoms with van der Waals surface area (Å²) in [6.07, 6.45) is 0. The van der Waals surface area contributed by atoms with E-state index in [9.17, 15) is 14.4 Å². The standard InChI is InChI=1S/C16H10Cl2N2O3/c1-20-15(22)12-3-2-11(7-13(12)16(20)23)19-14(21)8-4-9(17)6-10(18)5-8/h2-7H,1H3,(H,19,21). The molecule has 7 heteroatoms. The largest absolute Gasteiger partial charge is 0.322 e. The Hall–Kier alpha value is -2.37. The van der Waals surface area contributed by atoms with E-state index in [0.717, 1.165) is 4.90 Å². The number of fused-ring (bicyclic) bond motifs is 1. The molecule has 1 N–H and O–H groups in total. The van der Waals surface area contributed by atoms with Crippen molar-refractivity contribution in [2.45, 2.75) is 0 Å². The van der Waals surface area contributed by atoms with Crippen molar-refractivity contribution in [3.8, 4) is 0 Å². The van der Waals surface area contributed by atoms with Gasteiger partial charge in [0.15, 0.2) is 0 Å². The number of rotatable bonds is 2. The highest BCUT2D eigenvalue weighted by Crippen LogP contribution is 2.25. The number of carbonyl (C=O) groups is 3. The molecule has 116 valence electrons. The minimum atomic E-state index is -0.417. The lowest BCUT2D eigenvalue weighted by Crippen LogP contribution is -2.24. The zero-order chi connectivity index (χ0) is 16.7. The van der Waals surface area contributed by atoms with Crippen molar-refractivity contribution in [2.24, 2.45) is 0 Å². The normalized spacial score (nSPS) is 13.3. The average Bonchev–Trinajstić information content (AvgIpc) is 2.71. The number of carbonyl (C=O) groups excluding carboxylic acids is 3. The number of nitrogens with zero attached hydrogens (tertiary/aromatic N) is 1. The minimum absolute atomic E-state index is 0.263. The monoisotopic (exact) mass is 348 g/mol. The third-order valence-corrected chi connectivity index (χ3v) is 3.91. The Morgan fingerprint density at radius 1 is 0.957 bits per heavy atom. The zero-order valence-corrected chi connectivity index (χ0v) is 13.4. The molecule has 0 bridgehead atoms. The second kappa shape index (κ2) is 5.68. The quantitative estimate of drug-likeness (QED) is 0.845. The van der Waals surface area contributed by atoms with Crippen molar-refractivity contribution >= 4 is 46.6 Å². The molecule has 0 spiro atoms. The summed E-state index contributed by atoms with van der Waals surface area (Å²) in [5.74, 6) is -1.17. The summed E-state index contributed by atoms with van der Waals surface area (Å²) in [5.41, 5.74) is 1.28. The van der Waals surface area contributed by atoms with Gasteiger partial charge < -0.3 is 5.32 Å². The van der Waals surface area contributed by atoms with Crippen LogP contribution >= 0.6 is 23.2 Å². The maximum Gasteiger partial charge on any atom is 0.261 e. The third-order valence-electron chi connectivity index (χ3n) is 3.47. The molecule has 0 aromatic heterocycles. The Morgan fingerprint density at radius 3 is 2.22 bits per heavy atom. The first-order valence-corrected chi connectivity index (χ1v) is 7.36. The number of anilines is 1. The molecule has 0 aliphatic carbocycles. The number of imide groups is 1. The Morgan fingerprint density at radius 2 is 1.57 bits per heavy atom. The molecular formula is C16H10Cl2N2O3. The number of hydrogen-bond donors (Lipinski definition) is 1. The van der Waals surface area contributed by atoms with Crippen LogP contribution in [0.4, 0.5) is 5.69 Å². The van der Waals surface area contributed by atoms with Gasteiger partial charge in [-0.3, -0.25) is 19.3 Å². The van der Waals surface area contributed by atoms with Gasteiger partial charge in [0, 0.05) is 28.3 Å². The third kappa shape index (κ3) is 2.81. The predicted octanol–water partition coefficient (Wildman–Crippen LogP) is 3.47. The molecule has 1 aliphatic heterocycles. The number of benzene rings is 2. The Kier molecular flexibility index (Phi) is 3.83. The highest BCUT2D eigenvalue weighted by Gasteiger charge is 2.32. The Bertz CT molecular complexity index is 844. The maximum atomic E-state index is 12.2. The van der Waals surface area contributed by atoms with Crippen molar-refractivity contribution in [2.75, 3.05) is 12.4 Å². The average molecular weight is 349 g/mol. The van der Waals surface area contributed by atoms with Crippen LogP contribution in [0, 0.1) is 0 Å². The molecule has 3 amide bonds. The van der Waals surface area contributed by atoms with Crippen LogP contribution in [0.3, 0.4) is 0 Å². The van der Waals surface area contributed by atoms with Crippen LogP contribution in [0.25, 0.3) is 0 Å². The van der Waals surface area contributed by atoms with E-state index < -0.39 is 11.8 Å². The lowest BCUT2D eigenvalue weighted by atomic mass is 10.1. The van der Waals surface area contributed by atoms with Crippen molar-refractivity contribution < 1.29 is 14.4 Å². The summed E-state index contributed by atoms with van der Waals surface area (Å²) in [7, 11) is 1.41. The van der Waals surface area contributed by atoms with Crippen LogP contribution < -0.4 is 5.32 Å². The molecule has 0 radical (unpaired) electrons.